The molecule has 0 N–H and O–H groups in total. The van der Waals surface area contributed by atoms with Crippen LogP contribution in [0.2, 0.25) is 0 Å². The van der Waals surface area contributed by atoms with E-state index in [0.29, 0.717) is 23.9 Å². The molecule has 1 unspecified atom stereocenters. The van der Waals surface area contributed by atoms with Gasteiger partial charge in [-0.2, -0.15) is 0 Å². The molecule has 1 aliphatic heterocycles. The molecule has 1 aliphatic rings. The average molecular weight is 538 g/mol. The molecule has 7 nitrogen and oxygen atoms in total. The van der Waals surface area contributed by atoms with Gasteiger partial charge in [-0.15, -0.1) is 23.1 Å². The molecular formula is C28H31N3O4S2. The fourth-order valence-electron chi connectivity index (χ4n) is 4.66. The van der Waals surface area contributed by atoms with Gasteiger partial charge >= 0.3 is 0 Å². The summed E-state index contributed by atoms with van der Waals surface area (Å²) < 4.78 is 24.9. The Kier molecular flexibility index (Phi) is 7.81. The molecule has 2 aromatic carbocycles. The molecule has 5 rings (SSSR count). The summed E-state index contributed by atoms with van der Waals surface area (Å²) in [4.78, 5) is 8.16. The SMILES string of the molecule is CCOc1ccc2c(c1)SC(c1cc(OC)c(OC)c(OC)c1)CCN2Cc1cccn1-c1nccs1. The lowest BCUT2D eigenvalue weighted by molar-refractivity contribution is 0.323. The summed E-state index contributed by atoms with van der Waals surface area (Å²) in [5.41, 5.74) is 3.54. The third-order valence-corrected chi connectivity index (χ3v) is 8.53. The quantitative estimate of drug-likeness (QED) is 0.238. The van der Waals surface area contributed by atoms with Crippen LogP contribution < -0.4 is 23.8 Å². The maximum Gasteiger partial charge on any atom is 0.203 e. The van der Waals surface area contributed by atoms with Crippen LogP contribution in [0.5, 0.6) is 23.0 Å². The molecular weight excluding hydrogens is 506 g/mol. The molecule has 0 saturated heterocycles. The Morgan fingerprint density at radius 2 is 1.84 bits per heavy atom. The normalized spacial score (nSPS) is 15.1. The standard InChI is InChI=1S/C28H31N3O4S2/c1-5-35-21-8-9-22-26(17-21)37-25(19-15-23(32-2)27(34-4)24(16-19)33-3)10-13-30(22)18-20-7-6-12-31(20)28-29-11-14-36-28/h6-9,11-12,14-17,25H,5,10,13,18H2,1-4H3. The summed E-state index contributed by atoms with van der Waals surface area (Å²) in [6.07, 6.45) is 4.87. The molecule has 0 fully saturated rings. The second-order valence-electron chi connectivity index (χ2n) is 8.52. The van der Waals surface area contributed by atoms with E-state index in [0.717, 1.165) is 36.0 Å². The van der Waals surface area contributed by atoms with Crippen molar-refractivity contribution in [1.82, 2.24) is 9.55 Å². The Bertz CT molecular complexity index is 1310. The van der Waals surface area contributed by atoms with Crippen LogP contribution in [-0.4, -0.2) is 44.0 Å². The van der Waals surface area contributed by atoms with Gasteiger partial charge in [0.15, 0.2) is 16.6 Å². The summed E-state index contributed by atoms with van der Waals surface area (Å²) >= 11 is 3.49. The third kappa shape index (κ3) is 5.24. The Morgan fingerprint density at radius 3 is 2.51 bits per heavy atom. The van der Waals surface area contributed by atoms with E-state index in [4.69, 9.17) is 18.9 Å². The fourth-order valence-corrected chi connectivity index (χ4v) is 6.62. The Morgan fingerprint density at radius 1 is 1.03 bits per heavy atom. The number of anilines is 1. The number of benzene rings is 2. The highest BCUT2D eigenvalue weighted by Crippen LogP contribution is 2.49. The van der Waals surface area contributed by atoms with Crippen molar-refractivity contribution >= 4 is 28.8 Å². The second-order valence-corrected chi connectivity index (χ2v) is 10.6. The number of fused-ring (bicyclic) bond motifs is 1. The van der Waals surface area contributed by atoms with Crippen LogP contribution in [0.15, 0.2) is 65.1 Å². The number of hydrogen-bond donors (Lipinski definition) is 0. The van der Waals surface area contributed by atoms with Crippen LogP contribution in [0.4, 0.5) is 5.69 Å². The van der Waals surface area contributed by atoms with E-state index in [-0.39, 0.29) is 5.25 Å². The number of ether oxygens (including phenoxy) is 4. The van der Waals surface area contributed by atoms with Gasteiger partial charge in [-0.25, -0.2) is 4.98 Å². The number of nitrogens with zero attached hydrogens (tertiary/aromatic N) is 3. The number of thioether (sulfide) groups is 1. The number of methoxy groups -OCH3 is 3. The van der Waals surface area contributed by atoms with Gasteiger partial charge < -0.3 is 23.8 Å². The first kappa shape index (κ1) is 25.4. The number of hydrogen-bond acceptors (Lipinski definition) is 8. The molecule has 0 saturated carbocycles. The van der Waals surface area contributed by atoms with E-state index >= 15 is 0 Å². The zero-order valence-corrected chi connectivity index (χ0v) is 23.1. The Labute approximate surface area is 225 Å². The van der Waals surface area contributed by atoms with Gasteiger partial charge in [0.2, 0.25) is 5.75 Å². The van der Waals surface area contributed by atoms with Crippen molar-refractivity contribution in [2.45, 2.75) is 30.0 Å². The van der Waals surface area contributed by atoms with Crippen molar-refractivity contribution in [1.29, 1.82) is 0 Å². The minimum atomic E-state index is 0.195. The number of thiazole rings is 1. The Hall–Kier alpha value is -3.30. The molecule has 37 heavy (non-hydrogen) atoms. The molecule has 4 aromatic rings. The lowest BCUT2D eigenvalue weighted by atomic mass is 10.1. The van der Waals surface area contributed by atoms with Gasteiger partial charge in [0, 0.05) is 40.2 Å². The largest absolute Gasteiger partial charge is 0.494 e. The summed E-state index contributed by atoms with van der Waals surface area (Å²) in [6.45, 7) is 4.30. The Balaban J connectivity index is 1.51. The maximum atomic E-state index is 5.87. The van der Waals surface area contributed by atoms with Crippen molar-refractivity contribution < 1.29 is 18.9 Å². The summed E-state index contributed by atoms with van der Waals surface area (Å²) in [6, 6.07) is 14.8. The molecule has 9 heteroatoms. The van der Waals surface area contributed by atoms with Crippen LogP contribution in [0.3, 0.4) is 0 Å². The molecule has 0 radical (unpaired) electrons. The lowest BCUT2D eigenvalue weighted by Gasteiger charge is -2.25. The molecule has 2 aromatic heterocycles. The molecule has 0 aliphatic carbocycles. The van der Waals surface area contributed by atoms with Crippen molar-refractivity contribution in [3.8, 4) is 28.1 Å². The summed E-state index contributed by atoms with van der Waals surface area (Å²) in [7, 11) is 4.94. The van der Waals surface area contributed by atoms with Crippen LogP contribution in [0.25, 0.3) is 5.13 Å². The minimum absolute atomic E-state index is 0.195. The smallest absolute Gasteiger partial charge is 0.203 e. The topological polar surface area (TPSA) is 58.0 Å². The highest BCUT2D eigenvalue weighted by Gasteiger charge is 2.27. The highest BCUT2D eigenvalue weighted by molar-refractivity contribution is 7.99. The molecule has 3 heterocycles. The van der Waals surface area contributed by atoms with E-state index in [9.17, 15) is 0 Å². The van der Waals surface area contributed by atoms with E-state index in [1.807, 2.05) is 30.3 Å². The van der Waals surface area contributed by atoms with Crippen LogP contribution >= 0.6 is 23.1 Å². The van der Waals surface area contributed by atoms with Gasteiger partial charge in [-0.1, -0.05) is 0 Å². The van der Waals surface area contributed by atoms with Gasteiger partial charge in [0.25, 0.3) is 0 Å². The van der Waals surface area contributed by atoms with Crippen molar-refractivity contribution in [2.75, 3.05) is 39.4 Å². The third-order valence-electron chi connectivity index (χ3n) is 6.38. The van der Waals surface area contributed by atoms with Crippen molar-refractivity contribution in [3.63, 3.8) is 0 Å². The minimum Gasteiger partial charge on any atom is -0.494 e. The number of aromatic nitrogens is 2. The predicted octanol–water partition coefficient (Wildman–Crippen LogP) is 6.60. The fraction of sp³-hybridized carbons (Fsp3) is 0.321. The van der Waals surface area contributed by atoms with E-state index in [1.54, 1.807) is 32.7 Å². The molecule has 0 spiro atoms. The molecule has 0 amide bonds. The monoisotopic (exact) mass is 537 g/mol. The van der Waals surface area contributed by atoms with Crippen molar-refractivity contribution in [2.24, 2.45) is 0 Å². The van der Waals surface area contributed by atoms with E-state index < -0.39 is 0 Å². The molecule has 1 atom stereocenters. The first-order valence-corrected chi connectivity index (χ1v) is 14.0. The lowest BCUT2D eigenvalue weighted by Crippen LogP contribution is -2.25. The first-order valence-electron chi connectivity index (χ1n) is 12.2. The van der Waals surface area contributed by atoms with Gasteiger partial charge in [0.05, 0.1) is 40.2 Å². The zero-order valence-electron chi connectivity index (χ0n) is 21.5. The van der Waals surface area contributed by atoms with Gasteiger partial charge in [-0.05, 0) is 61.4 Å². The van der Waals surface area contributed by atoms with Crippen LogP contribution in [-0.2, 0) is 6.54 Å². The molecule has 194 valence electrons. The summed E-state index contributed by atoms with van der Waals surface area (Å²) in [5, 5.41) is 3.18. The molecule has 0 bridgehead atoms. The van der Waals surface area contributed by atoms with Crippen LogP contribution in [0, 0.1) is 0 Å². The van der Waals surface area contributed by atoms with Crippen molar-refractivity contribution in [3.05, 3.63) is 71.5 Å². The highest BCUT2D eigenvalue weighted by atomic mass is 32.2. The number of rotatable bonds is 9. The predicted molar refractivity (Wildman–Crippen MR) is 149 cm³/mol. The second kappa shape index (κ2) is 11.4. The zero-order chi connectivity index (χ0) is 25.8. The summed E-state index contributed by atoms with van der Waals surface area (Å²) in [5.74, 6) is 2.83. The maximum absolute atomic E-state index is 5.87. The van der Waals surface area contributed by atoms with Gasteiger partial charge in [-0.3, -0.25) is 4.57 Å². The van der Waals surface area contributed by atoms with E-state index in [2.05, 4.69) is 63.1 Å². The van der Waals surface area contributed by atoms with Gasteiger partial charge in [0.1, 0.15) is 5.75 Å². The first-order chi connectivity index (χ1) is 18.1. The van der Waals surface area contributed by atoms with Crippen LogP contribution in [0.1, 0.15) is 29.9 Å². The average Bonchev–Trinajstić information content (AvgIpc) is 3.58. The van der Waals surface area contributed by atoms with E-state index in [1.165, 1.54) is 16.3 Å².